The van der Waals surface area contributed by atoms with Crippen LogP contribution < -0.4 is 16.4 Å². The van der Waals surface area contributed by atoms with Crippen molar-refractivity contribution >= 4 is 41.0 Å². The largest absolute Gasteiger partial charge is 0.351 e. The van der Waals surface area contributed by atoms with Crippen molar-refractivity contribution in [1.82, 2.24) is 10.6 Å². The van der Waals surface area contributed by atoms with Crippen molar-refractivity contribution in [1.29, 1.82) is 0 Å². The van der Waals surface area contributed by atoms with Gasteiger partial charge < -0.3 is 11.1 Å². The summed E-state index contributed by atoms with van der Waals surface area (Å²) in [5.41, 5.74) is 5.70. The van der Waals surface area contributed by atoms with Crippen molar-refractivity contribution in [2.45, 2.75) is 11.7 Å². The lowest BCUT2D eigenvalue weighted by molar-refractivity contribution is -0.124. The molecule has 114 valence electrons. The molecule has 1 aromatic carbocycles. The first-order valence-electron chi connectivity index (χ1n) is 6.27. The summed E-state index contributed by atoms with van der Waals surface area (Å²) in [6, 6.07) is 8.40. The number of hydrogen-bond acceptors (Lipinski definition) is 6. The van der Waals surface area contributed by atoms with Gasteiger partial charge in [0.05, 0.1) is 6.21 Å². The predicted octanol–water partition coefficient (Wildman–Crippen LogP) is 0.193. The van der Waals surface area contributed by atoms with E-state index < -0.39 is 17.2 Å². The predicted molar refractivity (Wildman–Crippen MR) is 83.3 cm³/mol. The van der Waals surface area contributed by atoms with Gasteiger partial charge in [0.15, 0.2) is 5.17 Å². The van der Waals surface area contributed by atoms with E-state index in [4.69, 9.17) is 5.73 Å². The highest BCUT2D eigenvalue weighted by atomic mass is 32.2. The summed E-state index contributed by atoms with van der Waals surface area (Å²) in [6.07, 6.45) is 1.38. The van der Waals surface area contributed by atoms with Gasteiger partial charge in [0.2, 0.25) is 11.8 Å². The Morgan fingerprint density at radius 2 is 2.09 bits per heavy atom. The van der Waals surface area contributed by atoms with Crippen molar-refractivity contribution in [2.75, 3.05) is 0 Å². The number of urea groups is 1. The van der Waals surface area contributed by atoms with Gasteiger partial charge in [-0.05, 0) is 5.56 Å². The highest BCUT2D eigenvalue weighted by Gasteiger charge is 2.32. The van der Waals surface area contributed by atoms with E-state index in [2.05, 4.69) is 15.5 Å². The van der Waals surface area contributed by atoms with E-state index in [1.807, 2.05) is 35.6 Å². The minimum atomic E-state index is -0.949. The quantitative estimate of drug-likeness (QED) is 0.541. The summed E-state index contributed by atoms with van der Waals surface area (Å²) in [6.45, 7) is 0. The molecule has 1 heterocycles. The van der Waals surface area contributed by atoms with Crippen LogP contribution in [0.25, 0.3) is 0 Å². The molecule has 0 aliphatic carbocycles. The highest BCUT2D eigenvalue weighted by Crippen LogP contribution is 2.22. The minimum Gasteiger partial charge on any atom is -0.351 e. The molecule has 1 aromatic rings. The monoisotopic (exact) mass is 319 g/mol. The molecule has 1 aliphatic heterocycles. The third-order valence-electron chi connectivity index (χ3n) is 2.56. The summed E-state index contributed by atoms with van der Waals surface area (Å²) >= 11 is 1.07. The van der Waals surface area contributed by atoms with Gasteiger partial charge in [-0.15, -0.1) is 5.10 Å². The van der Waals surface area contributed by atoms with Crippen LogP contribution in [-0.2, 0) is 9.59 Å². The van der Waals surface area contributed by atoms with Crippen molar-refractivity contribution in [3.8, 4) is 0 Å². The topological polar surface area (TPSA) is 126 Å². The normalized spacial score (nSPS) is 19.4. The molecule has 0 unspecified atom stereocenters. The van der Waals surface area contributed by atoms with E-state index in [9.17, 15) is 14.4 Å². The Hall–Kier alpha value is -2.68. The smallest absolute Gasteiger partial charge is 0.318 e. The molecule has 9 heteroatoms. The highest BCUT2D eigenvalue weighted by molar-refractivity contribution is 8.15. The van der Waals surface area contributed by atoms with Crippen LogP contribution >= 0.6 is 11.8 Å². The molecule has 0 radical (unpaired) electrons. The number of hydrogen-bond donors (Lipinski definition) is 3. The first-order valence-corrected chi connectivity index (χ1v) is 7.15. The molecule has 2 rings (SSSR count). The number of benzene rings is 1. The number of imide groups is 1. The molecule has 1 aliphatic rings. The average molecular weight is 319 g/mol. The maximum atomic E-state index is 11.7. The second-order valence-corrected chi connectivity index (χ2v) is 5.46. The minimum absolute atomic E-state index is 0.166. The molecule has 1 saturated heterocycles. The number of carbonyl (C=O) groups is 3. The van der Waals surface area contributed by atoms with Crippen LogP contribution in [-0.4, -0.2) is 34.5 Å². The second kappa shape index (κ2) is 7.36. The molecule has 22 heavy (non-hydrogen) atoms. The molecule has 4 amide bonds. The van der Waals surface area contributed by atoms with Gasteiger partial charge in [0.25, 0.3) is 0 Å². The lowest BCUT2D eigenvalue weighted by Gasteiger charge is -2.03. The van der Waals surface area contributed by atoms with Crippen LogP contribution in [0.15, 0.2) is 40.5 Å². The number of carbonyl (C=O) groups excluding carboxylic acids is 3. The third-order valence-corrected chi connectivity index (χ3v) is 3.64. The Bertz CT molecular complexity index is 644. The van der Waals surface area contributed by atoms with Crippen LogP contribution in [0.5, 0.6) is 0 Å². The average Bonchev–Trinajstić information content (AvgIpc) is 2.79. The van der Waals surface area contributed by atoms with Crippen molar-refractivity contribution in [3.63, 3.8) is 0 Å². The number of thioether (sulfide) groups is 1. The Kier molecular flexibility index (Phi) is 5.26. The van der Waals surface area contributed by atoms with E-state index >= 15 is 0 Å². The number of amides is 4. The van der Waals surface area contributed by atoms with Gasteiger partial charge >= 0.3 is 6.03 Å². The van der Waals surface area contributed by atoms with E-state index in [1.54, 1.807) is 6.21 Å². The number of nitrogens with zero attached hydrogens (tertiary/aromatic N) is 2. The van der Waals surface area contributed by atoms with Crippen LogP contribution in [0, 0.1) is 0 Å². The lowest BCUT2D eigenvalue weighted by atomic mass is 10.2. The van der Waals surface area contributed by atoms with Crippen molar-refractivity contribution < 1.29 is 14.4 Å². The molecular weight excluding hydrogens is 306 g/mol. The maximum Gasteiger partial charge on any atom is 0.318 e. The molecule has 0 spiro atoms. The molecular formula is C13H13N5O3S. The van der Waals surface area contributed by atoms with E-state index in [0.29, 0.717) is 5.17 Å². The zero-order valence-electron chi connectivity index (χ0n) is 11.4. The first-order chi connectivity index (χ1) is 10.5. The molecule has 1 fully saturated rings. The summed E-state index contributed by atoms with van der Waals surface area (Å²) in [4.78, 5) is 33.6. The summed E-state index contributed by atoms with van der Waals surface area (Å²) in [7, 11) is 0. The van der Waals surface area contributed by atoms with Crippen LogP contribution in [0.3, 0.4) is 0 Å². The van der Waals surface area contributed by atoms with E-state index in [1.165, 1.54) is 0 Å². The van der Waals surface area contributed by atoms with Gasteiger partial charge in [-0.2, -0.15) is 5.10 Å². The Morgan fingerprint density at radius 1 is 1.36 bits per heavy atom. The zero-order chi connectivity index (χ0) is 15.9. The zero-order valence-corrected chi connectivity index (χ0v) is 12.2. The number of amidine groups is 1. The van der Waals surface area contributed by atoms with Gasteiger partial charge in [0.1, 0.15) is 5.25 Å². The standard InChI is InChI=1S/C13H13N5O3S/c14-12(21)16-10(19)6-9-11(20)17-13(22-9)18-15-7-8-4-2-1-3-5-8/h1-5,7,9H,6H2,(H,17,18,20)(H3,14,16,19,21)/b15-7-/t9-/m0/s1. The molecule has 4 N–H and O–H groups in total. The van der Waals surface area contributed by atoms with Gasteiger partial charge in [0, 0.05) is 6.42 Å². The van der Waals surface area contributed by atoms with Crippen LogP contribution in [0.1, 0.15) is 12.0 Å². The van der Waals surface area contributed by atoms with Crippen LogP contribution in [0.4, 0.5) is 4.79 Å². The van der Waals surface area contributed by atoms with Crippen molar-refractivity contribution in [2.24, 2.45) is 15.9 Å². The fourth-order valence-electron chi connectivity index (χ4n) is 1.63. The molecule has 0 aromatic heterocycles. The summed E-state index contributed by atoms with van der Waals surface area (Å²) in [5, 5.41) is 11.8. The Labute approximate surface area is 130 Å². The number of primary amides is 1. The molecule has 0 bridgehead atoms. The fourth-order valence-corrected chi connectivity index (χ4v) is 2.55. The second-order valence-electron chi connectivity index (χ2n) is 4.27. The van der Waals surface area contributed by atoms with Gasteiger partial charge in [-0.3, -0.25) is 14.9 Å². The first kappa shape index (κ1) is 15.7. The lowest BCUT2D eigenvalue weighted by Crippen LogP contribution is -2.37. The SMILES string of the molecule is NC(=O)NC(=O)C[C@@H]1S/C(=N/N=C\c2ccccc2)NC1=O. The summed E-state index contributed by atoms with van der Waals surface area (Å²) < 4.78 is 0. The Balaban J connectivity index is 1.91. The number of nitrogens with two attached hydrogens (primary N) is 1. The fraction of sp³-hybridized carbons (Fsp3) is 0.154. The van der Waals surface area contributed by atoms with Crippen molar-refractivity contribution in [3.05, 3.63) is 35.9 Å². The van der Waals surface area contributed by atoms with Gasteiger partial charge in [-0.25, -0.2) is 4.79 Å². The maximum absolute atomic E-state index is 11.7. The number of rotatable bonds is 4. The summed E-state index contributed by atoms with van der Waals surface area (Å²) in [5.74, 6) is -0.979. The van der Waals surface area contributed by atoms with Gasteiger partial charge in [-0.1, -0.05) is 42.1 Å². The molecule has 8 nitrogen and oxygen atoms in total. The Morgan fingerprint density at radius 3 is 2.77 bits per heavy atom. The molecule has 1 atom stereocenters. The van der Waals surface area contributed by atoms with Crippen LogP contribution in [0.2, 0.25) is 0 Å². The van der Waals surface area contributed by atoms with E-state index in [0.717, 1.165) is 17.3 Å². The third kappa shape index (κ3) is 4.70. The number of nitrogens with one attached hydrogen (secondary N) is 2. The molecule has 0 saturated carbocycles. The van der Waals surface area contributed by atoms with E-state index in [-0.39, 0.29) is 12.3 Å².